The van der Waals surface area contributed by atoms with Gasteiger partial charge in [-0.05, 0) is 30.6 Å². The Labute approximate surface area is 127 Å². The van der Waals surface area contributed by atoms with Gasteiger partial charge in [0.1, 0.15) is 5.75 Å². The van der Waals surface area contributed by atoms with Crippen molar-refractivity contribution in [2.75, 3.05) is 24.6 Å². The molecule has 20 heavy (non-hydrogen) atoms. The van der Waals surface area contributed by atoms with E-state index in [1.165, 1.54) is 0 Å². The Morgan fingerprint density at radius 2 is 1.95 bits per heavy atom. The number of fused-ring (bicyclic) bond motifs is 1. The fraction of sp³-hybridized carbons (Fsp3) is 0.923. The predicted molar refractivity (Wildman–Crippen MR) is 81.5 cm³/mol. The highest BCUT2D eigenvalue weighted by atomic mass is 35.5. The molecule has 1 heterocycles. The second-order valence-corrected chi connectivity index (χ2v) is 8.52. The maximum absolute atomic E-state index is 12.1. The number of likely N-dealkylation sites (tertiary alicyclic amines) is 1. The Kier molecular flexibility index (Phi) is 5.87. The quantitative estimate of drug-likeness (QED) is 0.824. The van der Waals surface area contributed by atoms with E-state index in [2.05, 4.69) is 0 Å². The van der Waals surface area contributed by atoms with Gasteiger partial charge in [-0.25, -0.2) is 8.42 Å². The smallest absolute Gasteiger partial charge is 0.237 e. The van der Waals surface area contributed by atoms with Gasteiger partial charge in [-0.1, -0.05) is 13.8 Å². The van der Waals surface area contributed by atoms with E-state index < -0.39 is 9.84 Å². The van der Waals surface area contributed by atoms with Crippen LogP contribution in [0.5, 0.6) is 0 Å². The van der Waals surface area contributed by atoms with Gasteiger partial charge < -0.3 is 10.6 Å². The van der Waals surface area contributed by atoms with Gasteiger partial charge in [-0.15, -0.1) is 12.4 Å². The molecule has 0 aromatic heterocycles. The molecule has 2 N–H and O–H groups in total. The van der Waals surface area contributed by atoms with E-state index in [0.29, 0.717) is 24.9 Å². The average Bonchev–Trinajstić information content (AvgIpc) is 2.78. The summed E-state index contributed by atoms with van der Waals surface area (Å²) >= 11 is 0. The minimum absolute atomic E-state index is 0. The summed E-state index contributed by atoms with van der Waals surface area (Å²) in [4.78, 5) is 13.8. The summed E-state index contributed by atoms with van der Waals surface area (Å²) in [5, 5.41) is 0. The summed E-state index contributed by atoms with van der Waals surface area (Å²) in [5.74, 6) is 0.397. The zero-order valence-corrected chi connectivity index (χ0v) is 13.8. The van der Waals surface area contributed by atoms with E-state index >= 15 is 0 Å². The molecule has 1 amide bonds. The zero-order valence-electron chi connectivity index (χ0n) is 12.1. The number of nitrogens with two attached hydrogens (primary N) is 1. The van der Waals surface area contributed by atoms with Crippen molar-refractivity contribution in [2.24, 2.45) is 23.5 Å². The van der Waals surface area contributed by atoms with E-state index in [4.69, 9.17) is 5.73 Å². The molecule has 1 aliphatic carbocycles. The number of carbonyl (C=O) groups is 1. The lowest BCUT2D eigenvalue weighted by molar-refractivity contribution is -0.127. The van der Waals surface area contributed by atoms with Gasteiger partial charge in [0.2, 0.25) is 5.91 Å². The largest absolute Gasteiger partial charge is 0.341 e. The molecule has 0 spiro atoms. The van der Waals surface area contributed by atoms with Gasteiger partial charge in [-0.2, -0.15) is 0 Å². The number of nitrogens with zero attached hydrogens (tertiary/aromatic N) is 1. The summed E-state index contributed by atoms with van der Waals surface area (Å²) in [6.07, 6.45) is 2.09. The molecule has 118 valence electrons. The summed E-state index contributed by atoms with van der Waals surface area (Å²) < 4.78 is 23.7. The number of carbonyl (C=O) groups excluding carboxylic acids is 1. The molecule has 1 aliphatic heterocycles. The minimum Gasteiger partial charge on any atom is -0.341 e. The minimum atomic E-state index is -3.28. The van der Waals surface area contributed by atoms with Crippen molar-refractivity contribution >= 4 is 28.2 Å². The van der Waals surface area contributed by atoms with Crippen LogP contribution in [0.1, 0.15) is 26.7 Å². The number of sulfone groups is 1. The van der Waals surface area contributed by atoms with Crippen LogP contribution in [0.3, 0.4) is 0 Å². The zero-order chi connectivity index (χ0) is 14.2. The topological polar surface area (TPSA) is 80.5 Å². The van der Waals surface area contributed by atoms with Crippen LogP contribution < -0.4 is 5.73 Å². The molecule has 2 aliphatic rings. The van der Waals surface area contributed by atoms with E-state index in [0.717, 1.165) is 12.8 Å². The van der Waals surface area contributed by atoms with Crippen LogP contribution in [0.25, 0.3) is 0 Å². The summed E-state index contributed by atoms with van der Waals surface area (Å²) in [6.45, 7) is 5.03. The van der Waals surface area contributed by atoms with E-state index in [-0.39, 0.29) is 41.8 Å². The first-order valence-electron chi connectivity index (χ1n) is 7.02. The fourth-order valence-electron chi connectivity index (χ4n) is 3.36. The van der Waals surface area contributed by atoms with Gasteiger partial charge in [0.15, 0.2) is 9.84 Å². The summed E-state index contributed by atoms with van der Waals surface area (Å²) in [7, 11) is -3.28. The number of hydrogen-bond donors (Lipinski definition) is 1. The van der Waals surface area contributed by atoms with E-state index in [1.807, 2.05) is 13.8 Å². The molecule has 3 unspecified atom stereocenters. The maximum Gasteiger partial charge on any atom is 0.237 e. The fourth-order valence-corrected chi connectivity index (χ4v) is 5.05. The number of amides is 1. The Bertz CT molecular complexity index is 453. The second kappa shape index (κ2) is 6.62. The van der Waals surface area contributed by atoms with Crippen molar-refractivity contribution in [2.45, 2.75) is 32.7 Å². The average molecular weight is 325 g/mol. The highest BCUT2D eigenvalue weighted by Crippen LogP contribution is 2.37. The first-order valence-corrected chi connectivity index (χ1v) is 8.84. The van der Waals surface area contributed by atoms with Gasteiger partial charge in [0.05, 0.1) is 5.75 Å². The molecule has 7 heteroatoms. The Morgan fingerprint density at radius 3 is 2.50 bits per heavy atom. The molecule has 0 aromatic carbocycles. The Hall–Kier alpha value is -0.330. The highest BCUT2D eigenvalue weighted by Gasteiger charge is 2.42. The van der Waals surface area contributed by atoms with Crippen LogP contribution in [-0.4, -0.2) is 49.9 Å². The third kappa shape index (κ3) is 4.09. The van der Waals surface area contributed by atoms with Gasteiger partial charge in [0.25, 0.3) is 0 Å². The van der Waals surface area contributed by atoms with Crippen molar-refractivity contribution < 1.29 is 13.2 Å². The first kappa shape index (κ1) is 17.7. The molecule has 2 rings (SSSR count). The van der Waals surface area contributed by atoms with Crippen LogP contribution in [0.2, 0.25) is 0 Å². The third-order valence-electron chi connectivity index (χ3n) is 4.20. The number of halogens is 1. The van der Waals surface area contributed by atoms with Gasteiger partial charge >= 0.3 is 0 Å². The van der Waals surface area contributed by atoms with E-state index in [1.54, 1.807) is 4.90 Å². The van der Waals surface area contributed by atoms with Crippen molar-refractivity contribution in [3.63, 3.8) is 0 Å². The van der Waals surface area contributed by atoms with Gasteiger partial charge in [-0.3, -0.25) is 4.79 Å². The molecular formula is C13H25ClN2O3S. The van der Waals surface area contributed by atoms with Crippen LogP contribution >= 0.6 is 12.4 Å². The van der Waals surface area contributed by atoms with Crippen LogP contribution in [-0.2, 0) is 14.6 Å². The monoisotopic (exact) mass is 324 g/mol. The molecule has 1 saturated carbocycles. The molecule has 5 nitrogen and oxygen atoms in total. The lowest BCUT2D eigenvalue weighted by atomic mass is 9.98. The molecule has 0 radical (unpaired) electrons. The summed E-state index contributed by atoms with van der Waals surface area (Å²) in [6, 6.07) is 0.176. The molecule has 0 bridgehead atoms. The molecule has 1 saturated heterocycles. The van der Waals surface area contributed by atoms with E-state index in [9.17, 15) is 13.2 Å². The van der Waals surface area contributed by atoms with Crippen LogP contribution in [0.4, 0.5) is 0 Å². The lowest BCUT2D eigenvalue weighted by Gasteiger charge is -2.19. The number of hydrogen-bond acceptors (Lipinski definition) is 4. The van der Waals surface area contributed by atoms with Crippen molar-refractivity contribution in [1.82, 2.24) is 4.90 Å². The SMILES string of the molecule is CC(C)CS(=O)(=O)CC(=O)N1CC2CCC(N)C2C1.Cl. The molecule has 3 atom stereocenters. The third-order valence-corrected chi connectivity index (χ3v) is 6.06. The molecular weight excluding hydrogens is 300 g/mol. The molecule has 0 aromatic rings. The predicted octanol–water partition coefficient (Wildman–Crippen LogP) is 0.675. The summed E-state index contributed by atoms with van der Waals surface area (Å²) in [5.41, 5.74) is 6.02. The van der Waals surface area contributed by atoms with Crippen LogP contribution in [0, 0.1) is 17.8 Å². The van der Waals surface area contributed by atoms with Crippen molar-refractivity contribution in [3.05, 3.63) is 0 Å². The maximum atomic E-state index is 12.1. The van der Waals surface area contributed by atoms with Crippen molar-refractivity contribution in [3.8, 4) is 0 Å². The van der Waals surface area contributed by atoms with Crippen LogP contribution in [0.15, 0.2) is 0 Å². The Balaban J connectivity index is 0.00000200. The standard InChI is InChI=1S/C13H24N2O3S.ClH/c1-9(2)7-19(17,18)8-13(16)15-5-10-3-4-12(14)11(10)6-15;/h9-12H,3-8,14H2,1-2H3;1H. The number of rotatable bonds is 4. The second-order valence-electron chi connectivity index (χ2n) is 6.41. The highest BCUT2D eigenvalue weighted by molar-refractivity contribution is 7.92. The Morgan fingerprint density at radius 1 is 1.30 bits per heavy atom. The van der Waals surface area contributed by atoms with Crippen molar-refractivity contribution in [1.29, 1.82) is 0 Å². The molecule has 2 fully saturated rings. The lowest BCUT2D eigenvalue weighted by Crippen LogP contribution is -2.37. The van der Waals surface area contributed by atoms with Gasteiger partial charge in [0, 0.05) is 19.1 Å². The normalized spacial score (nSPS) is 29.4. The first-order chi connectivity index (χ1) is 8.78.